The molecule has 1 unspecified atom stereocenters. The largest absolute Gasteiger partial charge is 0.396 e. The van der Waals surface area contributed by atoms with Crippen LogP contribution in [0.5, 0.6) is 0 Å². The van der Waals surface area contributed by atoms with E-state index in [0.29, 0.717) is 31.0 Å². The van der Waals surface area contributed by atoms with Gasteiger partial charge < -0.3 is 5.73 Å². The molecule has 1 fully saturated rings. The third kappa shape index (κ3) is 2.55. The zero-order valence-corrected chi connectivity index (χ0v) is 11.0. The number of carbonyl (C=O) groups excluding carboxylic acids is 1. The molecule has 1 amide bonds. The standard InChI is InChI=1S/C10H11BrN6O/c11-7-2-8(12)10(14-4-7)17-5-6(1-9(17)18)3-15-16-13/h2,4,6H,1,3,5,12H2. The maximum Gasteiger partial charge on any atom is 0.228 e. The average molecular weight is 311 g/mol. The Balaban J connectivity index is 2.18. The first-order valence-corrected chi connectivity index (χ1v) is 6.13. The summed E-state index contributed by atoms with van der Waals surface area (Å²) in [6.07, 6.45) is 1.95. The fourth-order valence-electron chi connectivity index (χ4n) is 1.93. The molecule has 0 aliphatic carbocycles. The molecule has 2 N–H and O–H groups in total. The Bertz CT molecular complexity index is 527. The van der Waals surface area contributed by atoms with Gasteiger partial charge in [-0.15, -0.1) is 0 Å². The van der Waals surface area contributed by atoms with Crippen LogP contribution in [-0.4, -0.2) is 24.0 Å². The molecule has 0 aromatic carbocycles. The predicted octanol–water partition coefficient (Wildman–Crippen LogP) is 2.09. The fraction of sp³-hybridized carbons (Fsp3) is 0.400. The van der Waals surface area contributed by atoms with Crippen LogP contribution in [-0.2, 0) is 4.79 Å². The molecule has 0 bridgehead atoms. The molecule has 1 aliphatic heterocycles. The maximum absolute atomic E-state index is 11.9. The lowest BCUT2D eigenvalue weighted by Crippen LogP contribution is -2.26. The van der Waals surface area contributed by atoms with E-state index in [1.54, 1.807) is 17.2 Å². The third-order valence-corrected chi connectivity index (χ3v) is 3.16. The molecule has 0 spiro atoms. The average Bonchev–Trinajstić information content (AvgIpc) is 2.68. The van der Waals surface area contributed by atoms with Crippen molar-refractivity contribution in [2.45, 2.75) is 6.42 Å². The minimum atomic E-state index is -0.0466. The molecule has 2 heterocycles. The highest BCUT2D eigenvalue weighted by Crippen LogP contribution is 2.29. The van der Waals surface area contributed by atoms with Crippen molar-refractivity contribution in [3.05, 3.63) is 27.2 Å². The normalized spacial score (nSPS) is 18.8. The summed E-state index contributed by atoms with van der Waals surface area (Å²) < 4.78 is 0.765. The Kier molecular flexibility index (Phi) is 3.69. The summed E-state index contributed by atoms with van der Waals surface area (Å²) in [4.78, 5) is 20.3. The first-order valence-electron chi connectivity index (χ1n) is 5.34. The highest BCUT2D eigenvalue weighted by Gasteiger charge is 2.31. The van der Waals surface area contributed by atoms with Gasteiger partial charge >= 0.3 is 0 Å². The van der Waals surface area contributed by atoms with Gasteiger partial charge in [0.2, 0.25) is 5.91 Å². The van der Waals surface area contributed by atoms with Gasteiger partial charge in [0.1, 0.15) is 0 Å². The quantitative estimate of drug-likeness (QED) is 0.524. The smallest absolute Gasteiger partial charge is 0.228 e. The number of rotatable bonds is 3. The van der Waals surface area contributed by atoms with Crippen LogP contribution < -0.4 is 10.6 Å². The first-order chi connectivity index (χ1) is 8.61. The van der Waals surface area contributed by atoms with E-state index in [1.807, 2.05) is 0 Å². The van der Waals surface area contributed by atoms with E-state index in [2.05, 4.69) is 30.9 Å². The minimum Gasteiger partial charge on any atom is -0.396 e. The van der Waals surface area contributed by atoms with Crippen molar-refractivity contribution in [3.8, 4) is 0 Å². The number of hydrogen-bond donors (Lipinski definition) is 1. The number of nitrogens with two attached hydrogens (primary N) is 1. The first kappa shape index (κ1) is 12.7. The fourth-order valence-corrected chi connectivity index (χ4v) is 2.28. The minimum absolute atomic E-state index is 0.0262. The Labute approximate surface area is 112 Å². The summed E-state index contributed by atoms with van der Waals surface area (Å²) in [5.41, 5.74) is 14.6. The van der Waals surface area contributed by atoms with Crippen molar-refractivity contribution in [1.82, 2.24) is 4.98 Å². The van der Waals surface area contributed by atoms with Gasteiger partial charge in [-0.05, 0) is 33.4 Å². The highest BCUT2D eigenvalue weighted by atomic mass is 79.9. The van der Waals surface area contributed by atoms with E-state index >= 15 is 0 Å². The van der Waals surface area contributed by atoms with E-state index in [0.717, 1.165) is 4.47 Å². The maximum atomic E-state index is 11.9. The van der Waals surface area contributed by atoms with Crippen molar-refractivity contribution in [2.24, 2.45) is 11.0 Å². The van der Waals surface area contributed by atoms with Crippen LogP contribution in [0.2, 0.25) is 0 Å². The van der Waals surface area contributed by atoms with Gasteiger partial charge in [-0.2, -0.15) is 0 Å². The molecule has 1 atom stereocenters. The van der Waals surface area contributed by atoms with Gasteiger partial charge in [0, 0.05) is 35.1 Å². The molecule has 1 aliphatic rings. The van der Waals surface area contributed by atoms with Crippen LogP contribution in [0.3, 0.4) is 0 Å². The van der Waals surface area contributed by atoms with Crippen LogP contribution in [0, 0.1) is 5.92 Å². The number of carbonyl (C=O) groups is 1. The topological polar surface area (TPSA) is 108 Å². The lowest BCUT2D eigenvalue weighted by Gasteiger charge is -2.17. The summed E-state index contributed by atoms with van der Waals surface area (Å²) in [5, 5.41) is 3.50. The monoisotopic (exact) mass is 310 g/mol. The van der Waals surface area contributed by atoms with Crippen molar-refractivity contribution in [3.63, 3.8) is 0 Å². The van der Waals surface area contributed by atoms with Gasteiger partial charge in [-0.3, -0.25) is 9.69 Å². The zero-order valence-electron chi connectivity index (χ0n) is 9.45. The van der Waals surface area contributed by atoms with Crippen molar-refractivity contribution in [2.75, 3.05) is 23.7 Å². The Morgan fingerprint density at radius 3 is 3.17 bits per heavy atom. The van der Waals surface area contributed by atoms with Gasteiger partial charge in [0.25, 0.3) is 0 Å². The Morgan fingerprint density at radius 1 is 1.72 bits per heavy atom. The summed E-state index contributed by atoms with van der Waals surface area (Å²) in [6.45, 7) is 0.797. The van der Waals surface area contributed by atoms with Crippen molar-refractivity contribution >= 4 is 33.3 Å². The number of aromatic nitrogens is 1. The molecule has 18 heavy (non-hydrogen) atoms. The second-order valence-corrected chi connectivity index (χ2v) is 4.97. The van der Waals surface area contributed by atoms with Gasteiger partial charge in [-0.1, -0.05) is 5.11 Å². The van der Waals surface area contributed by atoms with Crippen LogP contribution in [0.1, 0.15) is 6.42 Å². The number of halogens is 1. The van der Waals surface area contributed by atoms with Crippen LogP contribution in [0.4, 0.5) is 11.5 Å². The number of azide groups is 1. The predicted molar refractivity (Wildman–Crippen MR) is 70.8 cm³/mol. The summed E-state index contributed by atoms with van der Waals surface area (Å²) in [5.74, 6) is 0.444. The molecule has 94 valence electrons. The van der Waals surface area contributed by atoms with Crippen LogP contribution in [0.25, 0.3) is 10.4 Å². The zero-order chi connectivity index (χ0) is 13.1. The van der Waals surface area contributed by atoms with Gasteiger partial charge in [-0.25, -0.2) is 4.98 Å². The van der Waals surface area contributed by atoms with E-state index in [9.17, 15) is 4.79 Å². The molecular formula is C10H11BrN6O. The number of nitrogens with zero attached hydrogens (tertiary/aromatic N) is 5. The van der Waals surface area contributed by atoms with Gasteiger partial charge in [0.15, 0.2) is 5.82 Å². The Morgan fingerprint density at radius 2 is 2.50 bits per heavy atom. The lowest BCUT2D eigenvalue weighted by molar-refractivity contribution is -0.117. The summed E-state index contributed by atoms with van der Waals surface area (Å²) >= 11 is 3.26. The molecule has 2 rings (SSSR count). The van der Waals surface area contributed by atoms with E-state index in [1.165, 1.54) is 0 Å². The number of nitrogen functional groups attached to an aromatic ring is 1. The lowest BCUT2D eigenvalue weighted by atomic mass is 10.1. The molecule has 1 aromatic rings. The third-order valence-electron chi connectivity index (χ3n) is 2.73. The highest BCUT2D eigenvalue weighted by molar-refractivity contribution is 9.10. The SMILES string of the molecule is [N-]=[N+]=NCC1CC(=O)N(c2ncc(Br)cc2N)C1. The second kappa shape index (κ2) is 5.24. The Hall–Kier alpha value is -1.79. The molecule has 0 saturated carbocycles. The summed E-state index contributed by atoms with van der Waals surface area (Å²) in [6, 6.07) is 1.70. The molecule has 1 saturated heterocycles. The second-order valence-electron chi connectivity index (χ2n) is 4.05. The van der Waals surface area contributed by atoms with Crippen LogP contribution >= 0.6 is 15.9 Å². The molecule has 0 radical (unpaired) electrons. The summed E-state index contributed by atoms with van der Waals surface area (Å²) in [7, 11) is 0. The molecular weight excluding hydrogens is 300 g/mol. The number of pyridine rings is 1. The van der Waals surface area contributed by atoms with E-state index in [-0.39, 0.29) is 11.8 Å². The van der Waals surface area contributed by atoms with Gasteiger partial charge in [0.05, 0.1) is 5.69 Å². The van der Waals surface area contributed by atoms with E-state index in [4.69, 9.17) is 11.3 Å². The molecule has 1 aromatic heterocycles. The van der Waals surface area contributed by atoms with Crippen LogP contribution in [0.15, 0.2) is 21.9 Å². The molecule has 8 heteroatoms. The number of hydrogen-bond acceptors (Lipinski definition) is 4. The number of anilines is 2. The van der Waals surface area contributed by atoms with E-state index < -0.39 is 0 Å². The van der Waals surface area contributed by atoms with Crippen molar-refractivity contribution in [1.29, 1.82) is 0 Å². The molecule has 7 nitrogen and oxygen atoms in total. The van der Waals surface area contributed by atoms with Crippen molar-refractivity contribution < 1.29 is 4.79 Å². The number of amides is 1.